The van der Waals surface area contributed by atoms with Gasteiger partial charge in [-0.3, -0.25) is 4.79 Å². The molecule has 0 saturated heterocycles. The molecule has 0 spiro atoms. The van der Waals surface area contributed by atoms with Crippen LogP contribution in [0.4, 0.5) is 0 Å². The van der Waals surface area contributed by atoms with Crippen molar-refractivity contribution >= 4 is 16.9 Å². The molecule has 0 N–H and O–H groups in total. The van der Waals surface area contributed by atoms with Gasteiger partial charge in [0.15, 0.2) is 5.58 Å². The molecule has 1 heterocycles. The standard InChI is InChI=1S/C11H11NO3/c1-8(13)14-7-6-10-9-4-2-3-5-11(9)15-12-10/h2-5H,6-7H2,1H3. The third-order valence-electron chi connectivity index (χ3n) is 2.10. The van der Waals surface area contributed by atoms with Crippen LogP contribution in [0.1, 0.15) is 12.6 Å². The average Bonchev–Trinajstić information content (AvgIpc) is 2.62. The number of hydrogen-bond acceptors (Lipinski definition) is 4. The van der Waals surface area contributed by atoms with E-state index in [4.69, 9.17) is 9.26 Å². The van der Waals surface area contributed by atoms with Crippen LogP contribution in [0.3, 0.4) is 0 Å². The second-order valence-electron chi connectivity index (χ2n) is 3.22. The molecule has 0 amide bonds. The molecule has 2 aromatic rings. The van der Waals surface area contributed by atoms with E-state index in [1.807, 2.05) is 24.3 Å². The lowest BCUT2D eigenvalue weighted by atomic mass is 10.2. The predicted molar refractivity (Wildman–Crippen MR) is 54.3 cm³/mol. The Morgan fingerprint density at radius 2 is 2.27 bits per heavy atom. The number of carbonyl (C=O) groups excluding carboxylic acids is 1. The van der Waals surface area contributed by atoms with Crippen molar-refractivity contribution in [2.24, 2.45) is 0 Å². The Balaban J connectivity index is 2.11. The molecule has 2 rings (SSSR count). The largest absolute Gasteiger partial charge is 0.465 e. The summed E-state index contributed by atoms with van der Waals surface area (Å²) in [6.07, 6.45) is 0.580. The van der Waals surface area contributed by atoms with Crippen LogP contribution in [0.15, 0.2) is 28.8 Å². The number of benzene rings is 1. The van der Waals surface area contributed by atoms with E-state index in [2.05, 4.69) is 5.16 Å². The lowest BCUT2D eigenvalue weighted by Gasteiger charge is -1.98. The number of rotatable bonds is 3. The van der Waals surface area contributed by atoms with Crippen molar-refractivity contribution in [1.82, 2.24) is 5.16 Å². The van der Waals surface area contributed by atoms with E-state index in [1.54, 1.807) is 0 Å². The van der Waals surface area contributed by atoms with Gasteiger partial charge in [-0.2, -0.15) is 0 Å². The van der Waals surface area contributed by atoms with Crippen LogP contribution in [-0.2, 0) is 16.0 Å². The van der Waals surface area contributed by atoms with Crippen molar-refractivity contribution < 1.29 is 14.1 Å². The maximum atomic E-state index is 10.6. The number of esters is 1. The van der Waals surface area contributed by atoms with Crippen molar-refractivity contribution in [1.29, 1.82) is 0 Å². The highest BCUT2D eigenvalue weighted by atomic mass is 16.5. The Kier molecular flexibility index (Phi) is 2.67. The van der Waals surface area contributed by atoms with Crippen LogP contribution in [-0.4, -0.2) is 17.7 Å². The minimum Gasteiger partial charge on any atom is -0.465 e. The highest BCUT2D eigenvalue weighted by molar-refractivity contribution is 5.79. The van der Waals surface area contributed by atoms with E-state index >= 15 is 0 Å². The van der Waals surface area contributed by atoms with E-state index in [-0.39, 0.29) is 5.97 Å². The number of ether oxygens (including phenoxy) is 1. The summed E-state index contributed by atoms with van der Waals surface area (Å²) in [5.41, 5.74) is 1.59. The predicted octanol–water partition coefficient (Wildman–Crippen LogP) is 1.93. The van der Waals surface area contributed by atoms with Crippen molar-refractivity contribution in [2.45, 2.75) is 13.3 Å². The van der Waals surface area contributed by atoms with E-state index < -0.39 is 0 Å². The first-order valence-corrected chi connectivity index (χ1v) is 4.74. The van der Waals surface area contributed by atoms with Gasteiger partial charge in [-0.15, -0.1) is 0 Å². The summed E-state index contributed by atoms with van der Waals surface area (Å²) in [7, 11) is 0. The Bertz CT molecular complexity index is 475. The molecule has 0 radical (unpaired) electrons. The quantitative estimate of drug-likeness (QED) is 0.718. The zero-order chi connectivity index (χ0) is 10.7. The van der Waals surface area contributed by atoms with E-state index in [9.17, 15) is 4.79 Å². The van der Waals surface area contributed by atoms with Crippen LogP contribution in [0.5, 0.6) is 0 Å². The normalized spacial score (nSPS) is 10.5. The van der Waals surface area contributed by atoms with Gasteiger partial charge in [-0.1, -0.05) is 17.3 Å². The van der Waals surface area contributed by atoms with Gasteiger partial charge < -0.3 is 9.26 Å². The van der Waals surface area contributed by atoms with Crippen LogP contribution >= 0.6 is 0 Å². The Labute approximate surface area is 86.8 Å². The van der Waals surface area contributed by atoms with Crippen LogP contribution in [0.25, 0.3) is 11.0 Å². The summed E-state index contributed by atoms with van der Waals surface area (Å²) < 4.78 is 9.96. The fourth-order valence-corrected chi connectivity index (χ4v) is 1.41. The first-order valence-electron chi connectivity index (χ1n) is 4.74. The number of carbonyl (C=O) groups is 1. The summed E-state index contributed by atoms with van der Waals surface area (Å²) >= 11 is 0. The molecule has 1 aromatic carbocycles. The smallest absolute Gasteiger partial charge is 0.302 e. The number of fused-ring (bicyclic) bond motifs is 1. The second-order valence-corrected chi connectivity index (χ2v) is 3.22. The molecule has 4 nitrogen and oxygen atoms in total. The molecule has 15 heavy (non-hydrogen) atoms. The average molecular weight is 205 g/mol. The minimum absolute atomic E-state index is 0.275. The lowest BCUT2D eigenvalue weighted by molar-refractivity contribution is -0.140. The van der Waals surface area contributed by atoms with Crippen molar-refractivity contribution in [3.05, 3.63) is 30.0 Å². The molecule has 0 saturated carbocycles. The summed E-state index contributed by atoms with van der Waals surface area (Å²) in [6.45, 7) is 1.73. The maximum absolute atomic E-state index is 10.6. The monoisotopic (exact) mass is 205 g/mol. The molecule has 0 bridgehead atoms. The van der Waals surface area contributed by atoms with Gasteiger partial charge in [0.1, 0.15) is 0 Å². The molecular formula is C11H11NO3. The third-order valence-corrected chi connectivity index (χ3v) is 2.10. The molecule has 4 heteroatoms. The fraction of sp³-hybridized carbons (Fsp3) is 0.273. The van der Waals surface area contributed by atoms with Gasteiger partial charge in [0, 0.05) is 18.7 Å². The number of para-hydroxylation sites is 1. The second kappa shape index (κ2) is 4.13. The lowest BCUT2D eigenvalue weighted by Crippen LogP contribution is -2.03. The minimum atomic E-state index is -0.275. The van der Waals surface area contributed by atoms with Gasteiger partial charge in [-0.25, -0.2) is 0 Å². The number of nitrogens with zero attached hydrogens (tertiary/aromatic N) is 1. The summed E-state index contributed by atoms with van der Waals surface area (Å²) in [5.74, 6) is -0.275. The Hall–Kier alpha value is -1.84. The molecule has 0 aliphatic carbocycles. The highest BCUT2D eigenvalue weighted by Gasteiger charge is 2.07. The molecule has 0 atom stereocenters. The van der Waals surface area contributed by atoms with Gasteiger partial charge in [-0.05, 0) is 12.1 Å². The van der Waals surface area contributed by atoms with Crippen LogP contribution in [0, 0.1) is 0 Å². The molecule has 0 unspecified atom stereocenters. The Morgan fingerprint density at radius 3 is 3.07 bits per heavy atom. The van der Waals surface area contributed by atoms with E-state index in [0.717, 1.165) is 16.7 Å². The molecule has 0 aliphatic rings. The number of aromatic nitrogens is 1. The number of hydrogen-bond donors (Lipinski definition) is 0. The van der Waals surface area contributed by atoms with Crippen LogP contribution < -0.4 is 0 Å². The molecule has 0 fully saturated rings. The topological polar surface area (TPSA) is 52.3 Å². The van der Waals surface area contributed by atoms with Crippen LogP contribution in [0.2, 0.25) is 0 Å². The van der Waals surface area contributed by atoms with Crippen molar-refractivity contribution in [2.75, 3.05) is 6.61 Å². The summed E-state index contributed by atoms with van der Waals surface area (Å²) in [6, 6.07) is 7.62. The molecule has 78 valence electrons. The molecule has 1 aromatic heterocycles. The van der Waals surface area contributed by atoms with E-state index in [0.29, 0.717) is 13.0 Å². The van der Waals surface area contributed by atoms with Gasteiger partial charge >= 0.3 is 5.97 Å². The zero-order valence-corrected chi connectivity index (χ0v) is 8.40. The highest BCUT2D eigenvalue weighted by Crippen LogP contribution is 2.17. The van der Waals surface area contributed by atoms with Gasteiger partial charge in [0.2, 0.25) is 0 Å². The van der Waals surface area contributed by atoms with Gasteiger partial charge in [0.25, 0.3) is 0 Å². The first-order chi connectivity index (χ1) is 7.27. The summed E-state index contributed by atoms with van der Waals surface area (Å²) in [4.78, 5) is 10.6. The third kappa shape index (κ3) is 2.15. The first kappa shape index (κ1) is 9.71. The van der Waals surface area contributed by atoms with E-state index in [1.165, 1.54) is 6.92 Å². The van der Waals surface area contributed by atoms with Crippen molar-refractivity contribution in [3.8, 4) is 0 Å². The molecular weight excluding hydrogens is 194 g/mol. The van der Waals surface area contributed by atoms with Crippen molar-refractivity contribution in [3.63, 3.8) is 0 Å². The Morgan fingerprint density at radius 1 is 1.47 bits per heavy atom. The maximum Gasteiger partial charge on any atom is 0.302 e. The SMILES string of the molecule is CC(=O)OCCc1noc2ccccc12. The fourth-order valence-electron chi connectivity index (χ4n) is 1.41. The zero-order valence-electron chi connectivity index (χ0n) is 8.40. The summed E-state index contributed by atoms with van der Waals surface area (Å²) in [5, 5.41) is 4.90. The molecule has 0 aliphatic heterocycles. The van der Waals surface area contributed by atoms with Gasteiger partial charge in [0.05, 0.1) is 12.3 Å².